The third-order valence-corrected chi connectivity index (χ3v) is 2.17. The lowest BCUT2D eigenvalue weighted by Crippen LogP contribution is -2.24. The van der Waals surface area contributed by atoms with E-state index in [1.54, 1.807) is 6.07 Å². The standard InChI is InChI=1S/C15H20O3/c1-15(2,3)18-14(17)13-10-5-4-8-12(13)9-6-7-11-16/h4-6,8-10,16H,7,11H2,1-3H3. The van der Waals surface area contributed by atoms with Gasteiger partial charge in [0.2, 0.25) is 0 Å². The van der Waals surface area contributed by atoms with Gasteiger partial charge in [0.25, 0.3) is 0 Å². The lowest BCUT2D eigenvalue weighted by Gasteiger charge is -2.20. The van der Waals surface area contributed by atoms with Crippen LogP contribution < -0.4 is 0 Å². The van der Waals surface area contributed by atoms with Crippen LogP contribution in [0.15, 0.2) is 30.3 Å². The number of esters is 1. The normalized spacial score (nSPS) is 11.8. The molecule has 0 aliphatic rings. The number of ether oxygens (including phenoxy) is 1. The van der Waals surface area contributed by atoms with Crippen molar-refractivity contribution in [1.82, 2.24) is 0 Å². The molecule has 0 aliphatic heterocycles. The van der Waals surface area contributed by atoms with E-state index in [4.69, 9.17) is 9.84 Å². The molecule has 0 aliphatic carbocycles. The maximum absolute atomic E-state index is 12.0. The summed E-state index contributed by atoms with van der Waals surface area (Å²) in [4.78, 5) is 12.0. The Balaban J connectivity index is 2.91. The van der Waals surface area contributed by atoms with Gasteiger partial charge >= 0.3 is 5.97 Å². The van der Waals surface area contributed by atoms with Crippen LogP contribution in [-0.2, 0) is 4.74 Å². The maximum atomic E-state index is 12.0. The minimum absolute atomic E-state index is 0.102. The second-order valence-electron chi connectivity index (χ2n) is 5.00. The molecule has 0 spiro atoms. The zero-order chi connectivity index (χ0) is 13.6. The molecule has 3 nitrogen and oxygen atoms in total. The van der Waals surface area contributed by atoms with Crippen LogP contribution in [0.5, 0.6) is 0 Å². The Morgan fingerprint density at radius 2 is 2.00 bits per heavy atom. The van der Waals surface area contributed by atoms with Crippen molar-refractivity contribution in [3.8, 4) is 0 Å². The first kappa shape index (κ1) is 14.5. The van der Waals surface area contributed by atoms with Crippen molar-refractivity contribution in [2.45, 2.75) is 32.8 Å². The monoisotopic (exact) mass is 248 g/mol. The molecule has 0 radical (unpaired) electrons. The van der Waals surface area contributed by atoms with Crippen molar-refractivity contribution in [1.29, 1.82) is 0 Å². The summed E-state index contributed by atoms with van der Waals surface area (Å²) >= 11 is 0. The van der Waals surface area contributed by atoms with E-state index in [0.717, 1.165) is 5.56 Å². The molecular formula is C15H20O3. The van der Waals surface area contributed by atoms with Crippen LogP contribution in [0.2, 0.25) is 0 Å². The maximum Gasteiger partial charge on any atom is 0.339 e. The van der Waals surface area contributed by atoms with Crippen LogP contribution in [0.3, 0.4) is 0 Å². The number of hydrogen-bond donors (Lipinski definition) is 1. The number of carbonyl (C=O) groups is 1. The first-order valence-electron chi connectivity index (χ1n) is 6.04. The van der Waals surface area contributed by atoms with Gasteiger partial charge in [-0.2, -0.15) is 0 Å². The van der Waals surface area contributed by atoms with Crippen molar-refractivity contribution in [2.24, 2.45) is 0 Å². The minimum Gasteiger partial charge on any atom is -0.456 e. The zero-order valence-corrected chi connectivity index (χ0v) is 11.1. The molecule has 1 rings (SSSR count). The summed E-state index contributed by atoms with van der Waals surface area (Å²) in [5.74, 6) is -0.327. The lowest BCUT2D eigenvalue weighted by molar-refractivity contribution is 0.00693. The highest BCUT2D eigenvalue weighted by Crippen LogP contribution is 2.16. The Morgan fingerprint density at radius 1 is 1.33 bits per heavy atom. The molecule has 3 heteroatoms. The summed E-state index contributed by atoms with van der Waals surface area (Å²) in [7, 11) is 0. The van der Waals surface area contributed by atoms with Crippen LogP contribution in [0.25, 0.3) is 6.08 Å². The van der Waals surface area contributed by atoms with Gasteiger partial charge in [-0.3, -0.25) is 0 Å². The summed E-state index contributed by atoms with van der Waals surface area (Å²) in [5.41, 5.74) is 0.848. The number of rotatable bonds is 4. The molecule has 0 bridgehead atoms. The van der Waals surface area contributed by atoms with Crippen LogP contribution in [0.4, 0.5) is 0 Å². The van der Waals surface area contributed by atoms with Crippen molar-refractivity contribution in [3.05, 3.63) is 41.5 Å². The van der Waals surface area contributed by atoms with Gasteiger partial charge in [-0.1, -0.05) is 30.4 Å². The lowest BCUT2D eigenvalue weighted by atomic mass is 10.1. The Labute approximate surface area is 108 Å². The molecule has 0 fully saturated rings. The molecule has 0 amide bonds. The number of hydrogen-bond acceptors (Lipinski definition) is 3. The molecule has 18 heavy (non-hydrogen) atoms. The third kappa shape index (κ3) is 4.72. The zero-order valence-electron chi connectivity index (χ0n) is 11.1. The third-order valence-electron chi connectivity index (χ3n) is 2.17. The Kier molecular flexibility index (Phi) is 5.10. The molecule has 0 heterocycles. The van der Waals surface area contributed by atoms with Crippen molar-refractivity contribution in [2.75, 3.05) is 6.61 Å². The van der Waals surface area contributed by atoms with Gasteiger partial charge in [0.05, 0.1) is 5.56 Å². The Bertz CT molecular complexity index is 428. The number of aliphatic hydroxyl groups is 1. The molecule has 0 atom stereocenters. The quantitative estimate of drug-likeness (QED) is 0.833. The predicted molar refractivity (Wildman–Crippen MR) is 72.3 cm³/mol. The number of benzene rings is 1. The molecule has 0 saturated carbocycles. The smallest absolute Gasteiger partial charge is 0.339 e. The molecule has 0 saturated heterocycles. The fraction of sp³-hybridized carbons (Fsp3) is 0.400. The van der Waals surface area contributed by atoms with Crippen LogP contribution >= 0.6 is 0 Å². The average molecular weight is 248 g/mol. The molecule has 1 aromatic rings. The van der Waals surface area contributed by atoms with Crippen LogP contribution in [0, 0.1) is 0 Å². The fourth-order valence-corrected chi connectivity index (χ4v) is 1.45. The largest absolute Gasteiger partial charge is 0.456 e. The van der Waals surface area contributed by atoms with E-state index in [1.165, 1.54) is 0 Å². The van der Waals surface area contributed by atoms with Gasteiger partial charge in [0, 0.05) is 6.61 Å². The van der Waals surface area contributed by atoms with E-state index in [2.05, 4.69) is 0 Å². The van der Waals surface area contributed by atoms with Gasteiger partial charge in [-0.15, -0.1) is 0 Å². The van der Waals surface area contributed by atoms with Gasteiger partial charge < -0.3 is 9.84 Å². The topological polar surface area (TPSA) is 46.5 Å². The summed E-state index contributed by atoms with van der Waals surface area (Å²) in [6.07, 6.45) is 4.24. The molecule has 1 N–H and O–H groups in total. The van der Waals surface area contributed by atoms with E-state index in [-0.39, 0.29) is 12.6 Å². The van der Waals surface area contributed by atoms with E-state index in [1.807, 2.05) is 51.1 Å². The summed E-state index contributed by atoms with van der Waals surface area (Å²) in [5, 5.41) is 8.73. The SMILES string of the molecule is CC(C)(C)OC(=O)c1ccccc1C=CCCO. The van der Waals surface area contributed by atoms with E-state index in [0.29, 0.717) is 12.0 Å². The summed E-state index contributed by atoms with van der Waals surface area (Å²) < 4.78 is 5.35. The van der Waals surface area contributed by atoms with E-state index < -0.39 is 5.60 Å². The van der Waals surface area contributed by atoms with Gasteiger partial charge in [0.15, 0.2) is 0 Å². The highest BCUT2D eigenvalue weighted by Gasteiger charge is 2.19. The van der Waals surface area contributed by atoms with Gasteiger partial charge in [0.1, 0.15) is 5.60 Å². The van der Waals surface area contributed by atoms with Crippen molar-refractivity contribution in [3.63, 3.8) is 0 Å². The highest BCUT2D eigenvalue weighted by atomic mass is 16.6. The summed E-state index contributed by atoms with van der Waals surface area (Å²) in [6.45, 7) is 5.63. The molecule has 0 aromatic heterocycles. The van der Waals surface area contributed by atoms with E-state index >= 15 is 0 Å². The van der Waals surface area contributed by atoms with Gasteiger partial charge in [-0.25, -0.2) is 4.79 Å². The molecule has 1 aromatic carbocycles. The number of carbonyl (C=O) groups excluding carboxylic acids is 1. The summed E-state index contributed by atoms with van der Waals surface area (Å²) in [6, 6.07) is 7.27. The first-order chi connectivity index (χ1) is 8.44. The molecule has 0 unspecified atom stereocenters. The highest BCUT2D eigenvalue weighted by molar-refractivity contribution is 5.93. The first-order valence-corrected chi connectivity index (χ1v) is 6.04. The van der Waals surface area contributed by atoms with Crippen LogP contribution in [-0.4, -0.2) is 23.3 Å². The second-order valence-corrected chi connectivity index (χ2v) is 5.00. The van der Waals surface area contributed by atoms with Crippen molar-refractivity contribution < 1.29 is 14.6 Å². The second kappa shape index (κ2) is 6.36. The average Bonchev–Trinajstić information content (AvgIpc) is 2.27. The Morgan fingerprint density at radius 3 is 2.61 bits per heavy atom. The van der Waals surface area contributed by atoms with Crippen LogP contribution in [0.1, 0.15) is 43.1 Å². The van der Waals surface area contributed by atoms with E-state index in [9.17, 15) is 4.79 Å². The fourth-order valence-electron chi connectivity index (χ4n) is 1.45. The Hall–Kier alpha value is -1.61. The van der Waals surface area contributed by atoms with Gasteiger partial charge in [-0.05, 0) is 38.8 Å². The molecular weight excluding hydrogens is 228 g/mol. The van der Waals surface area contributed by atoms with Crippen molar-refractivity contribution >= 4 is 12.0 Å². The molecule has 98 valence electrons. The number of aliphatic hydroxyl groups excluding tert-OH is 1. The minimum atomic E-state index is -0.501. The predicted octanol–water partition coefficient (Wildman–Crippen LogP) is 3.04.